The Morgan fingerprint density at radius 3 is 2.11 bits per heavy atom. The molecule has 1 aliphatic heterocycles. The molecule has 3 nitrogen and oxygen atoms in total. The Kier molecular flexibility index (Phi) is 5.09. The lowest BCUT2D eigenvalue weighted by molar-refractivity contribution is -0.685. The van der Waals surface area contributed by atoms with Crippen LogP contribution in [0.3, 0.4) is 0 Å². The quantitative estimate of drug-likeness (QED) is 0.554. The van der Waals surface area contributed by atoms with E-state index in [1.54, 1.807) is 0 Å². The van der Waals surface area contributed by atoms with Gasteiger partial charge in [0, 0.05) is 22.2 Å². The molecule has 0 fully saturated rings. The van der Waals surface area contributed by atoms with Gasteiger partial charge in [-0.15, -0.1) is 5.01 Å². The SMILES string of the molecule is CC(C)CN1C[n+]2ccc(-c3ccc(Cl)cc3)c(-c3ccc(Cl)cc3)c2N1. The molecular formula is C22H22Cl2N3+. The van der Waals surface area contributed by atoms with Gasteiger partial charge in [-0.3, -0.25) is 0 Å². The molecule has 5 heteroatoms. The number of anilines is 1. The summed E-state index contributed by atoms with van der Waals surface area (Å²) in [6.45, 7) is 6.27. The molecule has 27 heavy (non-hydrogen) atoms. The largest absolute Gasteiger partial charge is 0.302 e. The summed E-state index contributed by atoms with van der Waals surface area (Å²) in [7, 11) is 0. The highest BCUT2D eigenvalue weighted by Gasteiger charge is 2.31. The van der Waals surface area contributed by atoms with Crippen LogP contribution in [0.25, 0.3) is 22.3 Å². The van der Waals surface area contributed by atoms with Crippen LogP contribution in [0.4, 0.5) is 5.82 Å². The minimum atomic E-state index is 0.585. The molecule has 0 saturated carbocycles. The number of benzene rings is 2. The van der Waals surface area contributed by atoms with E-state index in [1.165, 1.54) is 11.1 Å². The van der Waals surface area contributed by atoms with Crippen LogP contribution in [0, 0.1) is 5.92 Å². The van der Waals surface area contributed by atoms with Crippen molar-refractivity contribution in [1.29, 1.82) is 0 Å². The average Bonchev–Trinajstić information content (AvgIpc) is 3.04. The Labute approximate surface area is 170 Å². The highest BCUT2D eigenvalue weighted by Crippen LogP contribution is 2.38. The van der Waals surface area contributed by atoms with Crippen LogP contribution in [-0.4, -0.2) is 11.6 Å². The van der Waals surface area contributed by atoms with E-state index in [4.69, 9.17) is 23.2 Å². The summed E-state index contributed by atoms with van der Waals surface area (Å²) in [5, 5.41) is 3.73. The van der Waals surface area contributed by atoms with E-state index in [1.807, 2.05) is 24.3 Å². The average molecular weight is 399 g/mol. The summed E-state index contributed by atoms with van der Waals surface area (Å²) >= 11 is 12.2. The molecule has 0 amide bonds. The van der Waals surface area contributed by atoms with E-state index >= 15 is 0 Å². The maximum absolute atomic E-state index is 6.13. The molecule has 0 atom stereocenters. The molecule has 0 aliphatic carbocycles. The molecule has 0 saturated heterocycles. The van der Waals surface area contributed by atoms with E-state index in [9.17, 15) is 0 Å². The smallest absolute Gasteiger partial charge is 0.216 e. The molecule has 1 aromatic heterocycles. The third kappa shape index (κ3) is 3.81. The van der Waals surface area contributed by atoms with Crippen molar-refractivity contribution in [3.63, 3.8) is 0 Å². The number of aromatic nitrogens is 1. The minimum Gasteiger partial charge on any atom is -0.216 e. The molecular weight excluding hydrogens is 377 g/mol. The summed E-state index contributed by atoms with van der Waals surface area (Å²) in [6.07, 6.45) is 2.14. The minimum absolute atomic E-state index is 0.585. The van der Waals surface area contributed by atoms with Gasteiger partial charge in [0.2, 0.25) is 0 Å². The standard InChI is InChI=1S/C22H21Cl2N3/c1-15(2)13-27-14-26-12-11-20(16-3-7-18(23)8-4-16)21(22(26)25-27)17-5-9-19(24)10-6-17/h3-12,15H,13-14H2,1-2H3/p+1. The number of rotatable bonds is 4. The molecule has 138 valence electrons. The van der Waals surface area contributed by atoms with Gasteiger partial charge in [0.25, 0.3) is 0 Å². The molecule has 0 unspecified atom stereocenters. The molecule has 1 N–H and O–H groups in total. The van der Waals surface area contributed by atoms with Crippen molar-refractivity contribution in [2.24, 2.45) is 5.92 Å². The number of hydrogen-bond donors (Lipinski definition) is 1. The van der Waals surface area contributed by atoms with E-state index < -0.39 is 0 Å². The molecule has 0 spiro atoms. The molecule has 2 aromatic carbocycles. The third-order valence-corrected chi connectivity index (χ3v) is 5.18. The summed E-state index contributed by atoms with van der Waals surface area (Å²) in [6, 6.07) is 18.2. The molecule has 0 radical (unpaired) electrons. The van der Waals surface area contributed by atoms with Crippen molar-refractivity contribution < 1.29 is 4.57 Å². The first-order valence-electron chi connectivity index (χ1n) is 9.11. The maximum Gasteiger partial charge on any atom is 0.302 e. The molecule has 1 aliphatic rings. The highest BCUT2D eigenvalue weighted by molar-refractivity contribution is 6.31. The fourth-order valence-corrected chi connectivity index (χ4v) is 3.78. The second-order valence-electron chi connectivity index (χ2n) is 7.31. The lowest BCUT2D eigenvalue weighted by atomic mass is 9.95. The van der Waals surface area contributed by atoms with Gasteiger partial charge < -0.3 is 0 Å². The fourth-order valence-electron chi connectivity index (χ4n) is 3.52. The highest BCUT2D eigenvalue weighted by atomic mass is 35.5. The summed E-state index contributed by atoms with van der Waals surface area (Å²) in [4.78, 5) is 0. The van der Waals surface area contributed by atoms with Crippen molar-refractivity contribution >= 4 is 29.0 Å². The van der Waals surface area contributed by atoms with Crippen LogP contribution in [0.2, 0.25) is 10.0 Å². The third-order valence-electron chi connectivity index (χ3n) is 4.68. The number of hydrazine groups is 1. The number of hydrogen-bond acceptors (Lipinski definition) is 2. The van der Waals surface area contributed by atoms with Gasteiger partial charge in [-0.25, -0.2) is 4.57 Å². The van der Waals surface area contributed by atoms with E-state index in [0.29, 0.717) is 5.92 Å². The van der Waals surface area contributed by atoms with Crippen LogP contribution in [0.15, 0.2) is 60.8 Å². The first-order chi connectivity index (χ1) is 13.0. The zero-order valence-corrected chi connectivity index (χ0v) is 16.9. The molecule has 3 aromatic rings. The van der Waals surface area contributed by atoms with Crippen LogP contribution in [0.1, 0.15) is 13.8 Å². The Bertz CT molecular complexity index is 951. The second kappa shape index (κ2) is 7.51. The van der Waals surface area contributed by atoms with Gasteiger partial charge in [-0.1, -0.05) is 61.3 Å². The number of nitrogens with zero attached hydrogens (tertiary/aromatic N) is 2. The van der Waals surface area contributed by atoms with Crippen molar-refractivity contribution in [3.05, 3.63) is 70.8 Å². The predicted octanol–water partition coefficient (Wildman–Crippen LogP) is 5.87. The van der Waals surface area contributed by atoms with E-state index in [0.717, 1.165) is 40.2 Å². The van der Waals surface area contributed by atoms with Gasteiger partial charge in [-0.05, 0) is 47.4 Å². The Hall–Kier alpha value is -2.07. The van der Waals surface area contributed by atoms with Crippen molar-refractivity contribution in [3.8, 4) is 22.3 Å². The van der Waals surface area contributed by atoms with Crippen LogP contribution in [0.5, 0.6) is 0 Å². The molecule has 2 heterocycles. The second-order valence-corrected chi connectivity index (χ2v) is 8.18. The summed E-state index contributed by atoms with van der Waals surface area (Å²) in [5.74, 6) is 1.69. The van der Waals surface area contributed by atoms with Crippen LogP contribution in [-0.2, 0) is 6.67 Å². The topological polar surface area (TPSA) is 19.1 Å². The van der Waals surface area contributed by atoms with Gasteiger partial charge in [0.15, 0.2) is 6.67 Å². The predicted molar refractivity (Wildman–Crippen MR) is 113 cm³/mol. The zero-order chi connectivity index (χ0) is 19.0. The fraction of sp³-hybridized carbons (Fsp3) is 0.227. The lowest BCUT2D eigenvalue weighted by Crippen LogP contribution is -2.36. The number of fused-ring (bicyclic) bond motifs is 1. The van der Waals surface area contributed by atoms with E-state index in [-0.39, 0.29) is 0 Å². The first-order valence-corrected chi connectivity index (χ1v) is 9.87. The van der Waals surface area contributed by atoms with Gasteiger partial charge in [0.1, 0.15) is 0 Å². The van der Waals surface area contributed by atoms with Gasteiger partial charge in [0.05, 0.1) is 11.8 Å². The van der Waals surface area contributed by atoms with Crippen LogP contribution >= 0.6 is 23.2 Å². The summed E-state index contributed by atoms with van der Waals surface area (Å²) in [5.41, 5.74) is 8.21. The Morgan fingerprint density at radius 1 is 0.926 bits per heavy atom. The zero-order valence-electron chi connectivity index (χ0n) is 15.4. The van der Waals surface area contributed by atoms with Crippen molar-refractivity contribution in [2.45, 2.75) is 20.5 Å². The maximum atomic E-state index is 6.13. The molecule has 0 bridgehead atoms. The monoisotopic (exact) mass is 398 g/mol. The first kappa shape index (κ1) is 18.3. The number of nitrogens with one attached hydrogen (secondary N) is 1. The number of halogens is 2. The van der Waals surface area contributed by atoms with Crippen LogP contribution < -0.4 is 9.99 Å². The van der Waals surface area contributed by atoms with Crippen molar-refractivity contribution in [1.82, 2.24) is 5.01 Å². The number of pyridine rings is 1. The lowest BCUT2D eigenvalue weighted by Gasteiger charge is -2.13. The van der Waals surface area contributed by atoms with Gasteiger partial charge >= 0.3 is 5.82 Å². The Morgan fingerprint density at radius 2 is 1.52 bits per heavy atom. The summed E-state index contributed by atoms with van der Waals surface area (Å²) < 4.78 is 2.26. The molecule has 4 rings (SSSR count). The van der Waals surface area contributed by atoms with Gasteiger partial charge in [-0.2, -0.15) is 5.43 Å². The Balaban J connectivity index is 1.86. The normalized spacial score (nSPS) is 13.7. The van der Waals surface area contributed by atoms with E-state index in [2.05, 4.69) is 65.4 Å². The van der Waals surface area contributed by atoms with Crippen molar-refractivity contribution in [2.75, 3.05) is 12.0 Å².